The van der Waals surface area contributed by atoms with E-state index in [1.807, 2.05) is 35.8 Å². The van der Waals surface area contributed by atoms with Crippen LogP contribution in [0.4, 0.5) is 13.2 Å². The number of carbonyl (C=O) groups excluding carboxylic acids is 2. The van der Waals surface area contributed by atoms with Gasteiger partial charge in [-0.3, -0.25) is 4.79 Å². The van der Waals surface area contributed by atoms with Gasteiger partial charge in [0.2, 0.25) is 0 Å². The van der Waals surface area contributed by atoms with E-state index >= 15 is 0 Å². The normalized spacial score (nSPS) is 12.6. The number of alkyl halides is 3. The molecule has 1 aromatic carbocycles. The van der Waals surface area contributed by atoms with Gasteiger partial charge in [0, 0.05) is 12.1 Å². The highest BCUT2D eigenvalue weighted by Gasteiger charge is 2.41. The third-order valence-electron chi connectivity index (χ3n) is 4.91. The van der Waals surface area contributed by atoms with E-state index in [2.05, 4.69) is 10.4 Å². The molecular formula is C22H23F3N4O3S. The van der Waals surface area contributed by atoms with Crippen molar-refractivity contribution in [2.75, 3.05) is 27.2 Å². The van der Waals surface area contributed by atoms with Crippen LogP contribution in [-0.4, -0.2) is 53.8 Å². The third-order valence-corrected chi connectivity index (χ3v) is 5.62. The summed E-state index contributed by atoms with van der Waals surface area (Å²) in [5.74, 6) is -1.46. The number of amides is 1. The summed E-state index contributed by atoms with van der Waals surface area (Å²) in [4.78, 5) is 26.5. The predicted molar refractivity (Wildman–Crippen MR) is 118 cm³/mol. The number of rotatable bonds is 8. The molecule has 0 saturated heterocycles. The van der Waals surface area contributed by atoms with Gasteiger partial charge in [-0.05, 0) is 67.7 Å². The molecule has 33 heavy (non-hydrogen) atoms. The van der Waals surface area contributed by atoms with E-state index in [1.54, 1.807) is 11.3 Å². The zero-order valence-corrected chi connectivity index (χ0v) is 19.0. The fourth-order valence-electron chi connectivity index (χ4n) is 3.28. The van der Waals surface area contributed by atoms with Gasteiger partial charge in [-0.15, -0.1) is 0 Å². The molecule has 0 aliphatic heterocycles. The van der Waals surface area contributed by atoms with Crippen LogP contribution < -0.4 is 5.32 Å². The molecule has 2 heterocycles. The Bertz CT molecular complexity index is 1090. The van der Waals surface area contributed by atoms with Crippen LogP contribution in [0.3, 0.4) is 0 Å². The minimum absolute atomic E-state index is 0.0146. The van der Waals surface area contributed by atoms with Crippen LogP contribution in [0.1, 0.15) is 44.9 Å². The number of carbonyl (C=O) groups is 2. The van der Waals surface area contributed by atoms with E-state index in [4.69, 9.17) is 4.74 Å². The van der Waals surface area contributed by atoms with Gasteiger partial charge in [0.15, 0.2) is 5.69 Å². The molecule has 1 unspecified atom stereocenters. The van der Waals surface area contributed by atoms with Crippen LogP contribution in [0.5, 0.6) is 0 Å². The number of esters is 1. The molecule has 3 aromatic rings. The standard InChI is InChI=1S/C22H23F3N4O3S/c1-4-32-21(31)17-11-27-29(19(17)22(23,24)25)16-7-5-14(6-8-16)20(30)26-12-18(28(2)3)15-9-10-33-13-15/h5-11,13,18H,4,12H2,1-3H3,(H,26,30). The topological polar surface area (TPSA) is 76.5 Å². The number of benzene rings is 1. The summed E-state index contributed by atoms with van der Waals surface area (Å²) >= 11 is 1.57. The SMILES string of the molecule is CCOC(=O)c1cnn(-c2ccc(C(=O)NCC(c3ccsc3)N(C)C)cc2)c1C(F)(F)F. The van der Waals surface area contributed by atoms with Crippen molar-refractivity contribution >= 4 is 23.2 Å². The fraction of sp³-hybridized carbons (Fsp3) is 0.318. The van der Waals surface area contributed by atoms with Crippen LogP contribution in [0, 0.1) is 0 Å². The summed E-state index contributed by atoms with van der Waals surface area (Å²) in [6.07, 6.45) is -4.01. The minimum Gasteiger partial charge on any atom is -0.462 e. The smallest absolute Gasteiger partial charge is 0.434 e. The molecule has 1 atom stereocenters. The number of thiophene rings is 1. The molecule has 0 radical (unpaired) electrons. The van der Waals surface area contributed by atoms with Crippen molar-refractivity contribution in [2.24, 2.45) is 0 Å². The number of nitrogens with zero attached hydrogens (tertiary/aromatic N) is 3. The van der Waals surface area contributed by atoms with Crippen LogP contribution in [0.25, 0.3) is 5.69 Å². The lowest BCUT2D eigenvalue weighted by Gasteiger charge is -2.24. The molecule has 0 spiro atoms. The molecule has 0 aliphatic carbocycles. The first kappa shape index (κ1) is 24.5. The van der Waals surface area contributed by atoms with Crippen molar-refractivity contribution in [2.45, 2.75) is 19.1 Å². The Labute approximate surface area is 192 Å². The average Bonchev–Trinajstić information content (AvgIpc) is 3.44. The molecule has 7 nitrogen and oxygen atoms in total. The molecular weight excluding hydrogens is 457 g/mol. The van der Waals surface area contributed by atoms with E-state index < -0.39 is 23.4 Å². The zero-order valence-electron chi connectivity index (χ0n) is 18.2. The van der Waals surface area contributed by atoms with Crippen molar-refractivity contribution in [1.29, 1.82) is 0 Å². The van der Waals surface area contributed by atoms with Gasteiger partial charge in [-0.25, -0.2) is 9.48 Å². The van der Waals surface area contributed by atoms with Gasteiger partial charge in [0.05, 0.1) is 24.5 Å². The maximum absolute atomic E-state index is 13.7. The summed E-state index contributed by atoms with van der Waals surface area (Å²) in [5.41, 5.74) is -0.486. The first-order valence-corrected chi connectivity index (χ1v) is 11.0. The Balaban J connectivity index is 1.79. The summed E-state index contributed by atoms with van der Waals surface area (Å²) in [6, 6.07) is 7.47. The Morgan fingerprint density at radius 3 is 2.45 bits per heavy atom. The first-order valence-electron chi connectivity index (χ1n) is 10.0. The molecule has 0 bridgehead atoms. The monoisotopic (exact) mass is 480 g/mol. The number of likely N-dealkylation sites (N-methyl/N-ethyl adjacent to an activating group) is 1. The van der Waals surface area contributed by atoms with Gasteiger partial charge < -0.3 is 15.0 Å². The van der Waals surface area contributed by atoms with E-state index in [-0.39, 0.29) is 29.8 Å². The number of ether oxygens (including phenoxy) is 1. The Kier molecular flexibility index (Phi) is 7.54. The van der Waals surface area contributed by atoms with Crippen LogP contribution in [0.2, 0.25) is 0 Å². The largest absolute Gasteiger partial charge is 0.462 e. The Morgan fingerprint density at radius 1 is 1.21 bits per heavy atom. The van der Waals surface area contributed by atoms with E-state index in [9.17, 15) is 22.8 Å². The van der Waals surface area contributed by atoms with E-state index in [0.29, 0.717) is 11.2 Å². The Morgan fingerprint density at radius 2 is 1.91 bits per heavy atom. The number of hydrogen-bond acceptors (Lipinski definition) is 6. The number of hydrogen-bond donors (Lipinski definition) is 1. The van der Waals surface area contributed by atoms with Gasteiger partial charge in [0.25, 0.3) is 5.91 Å². The minimum atomic E-state index is -4.84. The summed E-state index contributed by atoms with van der Waals surface area (Å²) in [7, 11) is 3.83. The van der Waals surface area contributed by atoms with E-state index in [0.717, 1.165) is 11.8 Å². The average molecular weight is 481 g/mol. The second-order valence-corrected chi connectivity index (χ2v) is 8.11. The molecule has 0 aliphatic rings. The quantitative estimate of drug-likeness (QED) is 0.490. The van der Waals surface area contributed by atoms with E-state index in [1.165, 1.54) is 31.2 Å². The molecule has 1 amide bonds. The summed E-state index contributed by atoms with van der Waals surface area (Å²) in [5, 5.41) is 10.6. The van der Waals surface area contributed by atoms with Gasteiger partial charge in [-0.1, -0.05) is 0 Å². The van der Waals surface area contributed by atoms with Crippen molar-refractivity contribution in [1.82, 2.24) is 20.0 Å². The molecule has 176 valence electrons. The summed E-state index contributed by atoms with van der Waals surface area (Å²) in [6.45, 7) is 1.80. The third kappa shape index (κ3) is 5.60. The van der Waals surface area contributed by atoms with Crippen LogP contribution >= 0.6 is 11.3 Å². The van der Waals surface area contributed by atoms with Gasteiger partial charge in [0.1, 0.15) is 5.56 Å². The van der Waals surface area contributed by atoms with Crippen molar-refractivity contribution in [3.05, 3.63) is 69.7 Å². The molecule has 3 rings (SSSR count). The second kappa shape index (κ2) is 10.2. The van der Waals surface area contributed by atoms with Crippen molar-refractivity contribution < 1.29 is 27.5 Å². The summed E-state index contributed by atoms with van der Waals surface area (Å²) < 4.78 is 46.3. The number of aromatic nitrogens is 2. The maximum Gasteiger partial charge on any atom is 0.434 e. The highest BCUT2D eigenvalue weighted by Crippen LogP contribution is 2.34. The lowest BCUT2D eigenvalue weighted by atomic mass is 10.1. The fourth-order valence-corrected chi connectivity index (χ4v) is 3.99. The van der Waals surface area contributed by atoms with Crippen molar-refractivity contribution in [3.63, 3.8) is 0 Å². The first-order chi connectivity index (χ1) is 15.6. The highest BCUT2D eigenvalue weighted by atomic mass is 32.1. The lowest BCUT2D eigenvalue weighted by Crippen LogP contribution is -2.34. The molecule has 11 heteroatoms. The van der Waals surface area contributed by atoms with Crippen LogP contribution in [0.15, 0.2) is 47.3 Å². The predicted octanol–water partition coefficient (Wildman–Crippen LogP) is 4.16. The van der Waals surface area contributed by atoms with Gasteiger partial charge >= 0.3 is 12.1 Å². The molecule has 0 fully saturated rings. The maximum atomic E-state index is 13.7. The molecule has 0 saturated carbocycles. The Hall–Kier alpha value is -3.18. The zero-order chi connectivity index (χ0) is 24.2. The van der Waals surface area contributed by atoms with Crippen molar-refractivity contribution in [3.8, 4) is 5.69 Å². The number of nitrogens with one attached hydrogen (secondary N) is 1. The van der Waals surface area contributed by atoms with Crippen LogP contribution in [-0.2, 0) is 10.9 Å². The lowest BCUT2D eigenvalue weighted by molar-refractivity contribution is -0.143. The number of halogens is 3. The second-order valence-electron chi connectivity index (χ2n) is 7.33. The van der Waals surface area contributed by atoms with Gasteiger partial charge in [-0.2, -0.15) is 29.6 Å². The highest BCUT2D eigenvalue weighted by molar-refractivity contribution is 7.08. The molecule has 2 aromatic heterocycles. The molecule has 1 N–H and O–H groups in total.